The molecule has 1 nitrogen and oxygen atoms in total. The van der Waals surface area contributed by atoms with Crippen LogP contribution in [0.3, 0.4) is 0 Å². The van der Waals surface area contributed by atoms with Crippen molar-refractivity contribution < 1.29 is 10.2 Å². The Morgan fingerprint density at radius 3 is 1.00 bits per heavy atom. The Hall–Kier alpha value is 2.45. The zero-order valence-electron chi connectivity index (χ0n) is 1.59. The molecule has 5 heavy (non-hydrogen) atoms. The zero-order valence-corrected chi connectivity index (χ0v) is 7.08. The SMILES string of the molecule is B.O.[BaH2].[F].[PbH2]. The van der Waals surface area contributed by atoms with Gasteiger partial charge in [0.1, 0.15) is 0 Å². The second-order valence-electron chi connectivity index (χ2n) is 0. The monoisotopic (exact) mass is 401 g/mol. The van der Waals surface area contributed by atoms with Crippen LogP contribution in [0.4, 0.5) is 4.70 Å². The molecule has 0 rings (SSSR count). The van der Waals surface area contributed by atoms with E-state index in [0.29, 0.717) is 0 Å². The molecule has 0 amide bonds. The van der Waals surface area contributed by atoms with Crippen molar-refractivity contribution in [2.75, 3.05) is 0 Å². The molecule has 0 unspecified atom stereocenters. The number of rotatable bonds is 0. The molecule has 0 aromatic rings. The number of halogens is 1. The molecule has 0 saturated carbocycles. The molecule has 0 spiro atoms. The predicted octanol–water partition coefficient (Wildman–Crippen LogP) is -3.42. The van der Waals surface area contributed by atoms with Crippen molar-refractivity contribution in [1.29, 1.82) is 0 Å². The predicted molar refractivity (Wildman–Crippen MR) is 31.7 cm³/mol. The number of hydrogen-bond donors (Lipinski definition) is 0. The molecule has 31 valence electrons. The van der Waals surface area contributed by atoms with Crippen LogP contribution in [0.15, 0.2) is 0 Å². The van der Waals surface area contributed by atoms with Gasteiger partial charge in [-0.05, 0) is 0 Å². The van der Waals surface area contributed by atoms with Crippen LogP contribution in [0.25, 0.3) is 0 Å². The summed E-state index contributed by atoms with van der Waals surface area (Å²) in [5, 5.41) is 0. The molecular weight excluding hydrogens is 390 g/mol. The Labute approximate surface area is 92.8 Å². The Morgan fingerprint density at radius 2 is 1.00 bits per heavy atom. The van der Waals surface area contributed by atoms with E-state index in [0.717, 1.165) is 0 Å². The third-order valence-electron chi connectivity index (χ3n) is 0. The van der Waals surface area contributed by atoms with Crippen LogP contribution in [0.1, 0.15) is 0 Å². The molecular formula is H9BBaFOPb. The topological polar surface area (TPSA) is 31.5 Å². The van der Waals surface area contributed by atoms with E-state index in [-0.39, 0.29) is 94.8 Å². The molecule has 0 aromatic heterocycles. The summed E-state index contributed by atoms with van der Waals surface area (Å²) in [4.78, 5) is 0. The molecule has 0 aliphatic heterocycles. The van der Waals surface area contributed by atoms with E-state index in [1.807, 2.05) is 0 Å². The maximum absolute atomic E-state index is 0. The first-order chi connectivity index (χ1) is 0. The van der Waals surface area contributed by atoms with Gasteiger partial charge in [0.15, 0.2) is 0 Å². The molecule has 3 radical (unpaired) electrons. The normalized spacial score (nSPS) is 0. The first-order valence-electron chi connectivity index (χ1n) is 0. The van der Waals surface area contributed by atoms with E-state index in [2.05, 4.69) is 0 Å². The van der Waals surface area contributed by atoms with Crippen LogP contribution in [0.2, 0.25) is 0 Å². The zero-order chi connectivity index (χ0) is 0. The Kier molecular flexibility index (Phi) is 330. The van der Waals surface area contributed by atoms with Crippen molar-refractivity contribution in [3.05, 3.63) is 0 Å². The number of hydrogen-bond acceptors (Lipinski definition) is 0. The summed E-state index contributed by atoms with van der Waals surface area (Å²) in [6, 6.07) is 0. The van der Waals surface area contributed by atoms with Crippen molar-refractivity contribution in [3.63, 3.8) is 0 Å². The molecule has 0 fully saturated rings. The van der Waals surface area contributed by atoms with Gasteiger partial charge in [0, 0.05) is 4.70 Å². The van der Waals surface area contributed by atoms with E-state index in [4.69, 9.17) is 0 Å². The van der Waals surface area contributed by atoms with Crippen LogP contribution in [0, 0.1) is 0 Å². The van der Waals surface area contributed by atoms with Crippen LogP contribution in [-0.2, 0) is 0 Å². The second kappa shape index (κ2) is 31.9. The average Bonchev–Trinajstić information content (AvgIpc) is 0. The molecule has 0 aromatic carbocycles. The third-order valence-corrected chi connectivity index (χ3v) is 0. The van der Waals surface area contributed by atoms with Crippen LogP contribution >= 0.6 is 0 Å². The molecule has 2 N–H and O–H groups in total. The van der Waals surface area contributed by atoms with Crippen LogP contribution < -0.4 is 0 Å². The van der Waals surface area contributed by atoms with E-state index in [9.17, 15) is 0 Å². The van der Waals surface area contributed by atoms with Gasteiger partial charge in [0.2, 0.25) is 0 Å². The van der Waals surface area contributed by atoms with Crippen molar-refractivity contribution >= 4 is 84.6 Å². The van der Waals surface area contributed by atoms with Gasteiger partial charge in [-0.1, -0.05) is 0 Å². The summed E-state index contributed by atoms with van der Waals surface area (Å²) in [5.41, 5.74) is 0. The first-order valence-corrected chi connectivity index (χ1v) is 0. The van der Waals surface area contributed by atoms with Crippen molar-refractivity contribution in [2.45, 2.75) is 0 Å². The fourth-order valence-electron chi connectivity index (χ4n) is 0. The Bertz CT molecular complexity index is 11.6. The van der Waals surface area contributed by atoms with E-state index in [1.54, 1.807) is 0 Å². The molecule has 0 bridgehead atoms. The fourth-order valence-corrected chi connectivity index (χ4v) is 0. The van der Waals surface area contributed by atoms with E-state index in [1.165, 1.54) is 0 Å². The third kappa shape index (κ3) is 21.3. The molecule has 0 saturated heterocycles. The van der Waals surface area contributed by atoms with Gasteiger partial charge in [-0.25, -0.2) is 0 Å². The summed E-state index contributed by atoms with van der Waals surface area (Å²) in [6.45, 7) is 0. The van der Waals surface area contributed by atoms with Crippen molar-refractivity contribution in [1.82, 2.24) is 0 Å². The van der Waals surface area contributed by atoms with Gasteiger partial charge < -0.3 is 5.48 Å². The minimum atomic E-state index is 0. The Balaban J connectivity index is 0. The summed E-state index contributed by atoms with van der Waals surface area (Å²) in [7, 11) is 0. The summed E-state index contributed by atoms with van der Waals surface area (Å²) in [6.07, 6.45) is 0. The van der Waals surface area contributed by atoms with E-state index < -0.39 is 0 Å². The standard InChI is InChI=1S/BH3.Ba.F.H2O.Pb.4H/h1H3;;;1H2;;;;;. The van der Waals surface area contributed by atoms with Crippen LogP contribution in [0.5, 0.6) is 0 Å². The van der Waals surface area contributed by atoms with E-state index >= 15 is 0 Å². The first kappa shape index (κ1) is 51.7. The van der Waals surface area contributed by atoms with Crippen molar-refractivity contribution in [3.8, 4) is 0 Å². The molecule has 0 aliphatic carbocycles. The van der Waals surface area contributed by atoms with Gasteiger partial charge in [0.05, 0.1) is 8.41 Å². The van der Waals surface area contributed by atoms with Gasteiger partial charge in [-0.15, -0.1) is 0 Å². The molecule has 0 aliphatic rings. The molecule has 0 atom stereocenters. The average molecular weight is 399 g/mol. The van der Waals surface area contributed by atoms with Gasteiger partial charge in [-0.2, -0.15) is 0 Å². The summed E-state index contributed by atoms with van der Waals surface area (Å²) < 4.78 is 0. The summed E-state index contributed by atoms with van der Waals surface area (Å²) >= 11 is 0. The van der Waals surface area contributed by atoms with Gasteiger partial charge in [0.25, 0.3) is 0 Å². The quantitative estimate of drug-likeness (QED) is 0.380. The van der Waals surface area contributed by atoms with Crippen molar-refractivity contribution in [2.24, 2.45) is 0 Å². The summed E-state index contributed by atoms with van der Waals surface area (Å²) in [5.74, 6) is 0. The van der Waals surface area contributed by atoms with Gasteiger partial charge >= 0.3 is 76.2 Å². The maximum atomic E-state index is 0. The second-order valence-corrected chi connectivity index (χ2v) is 0. The molecule has 5 heteroatoms. The van der Waals surface area contributed by atoms with Gasteiger partial charge in [-0.3, -0.25) is 0 Å². The minimum absolute atomic E-state index is 0. The molecule has 0 heterocycles. The Morgan fingerprint density at radius 1 is 1.00 bits per heavy atom. The van der Waals surface area contributed by atoms with Crippen LogP contribution in [-0.4, -0.2) is 90.1 Å². The fraction of sp³-hybridized carbons (Fsp3) is 0.